The first kappa shape index (κ1) is 6.97. The van der Waals surface area contributed by atoms with Gasteiger partial charge in [0.2, 0.25) is 0 Å². The maximum atomic E-state index is 11.1. The van der Waals surface area contributed by atoms with E-state index in [2.05, 4.69) is 15.2 Å². The van der Waals surface area contributed by atoms with E-state index in [9.17, 15) is 4.79 Å². The molecule has 0 aliphatic rings. The number of hydrogen-bond acceptors (Lipinski definition) is 3. The van der Waals surface area contributed by atoms with Crippen molar-refractivity contribution in [3.05, 3.63) is 24.0 Å². The summed E-state index contributed by atoms with van der Waals surface area (Å²) in [6, 6.07) is 1.77. The van der Waals surface area contributed by atoms with Gasteiger partial charge in [0, 0.05) is 17.1 Å². The van der Waals surface area contributed by atoms with E-state index in [0.717, 1.165) is 5.39 Å². The average Bonchev–Trinajstić information content (AvgIpc) is 2.47. The second kappa shape index (κ2) is 2.41. The zero-order valence-electron chi connectivity index (χ0n) is 6.53. The van der Waals surface area contributed by atoms with Gasteiger partial charge in [0.05, 0.1) is 6.20 Å². The Hall–Kier alpha value is -1.71. The summed E-state index contributed by atoms with van der Waals surface area (Å²) in [7, 11) is 0. The zero-order chi connectivity index (χ0) is 8.55. The predicted molar refractivity (Wildman–Crippen MR) is 43.9 cm³/mol. The van der Waals surface area contributed by atoms with Gasteiger partial charge in [-0.1, -0.05) is 0 Å². The molecule has 60 valence electrons. The maximum Gasteiger partial charge on any atom is 0.162 e. The van der Waals surface area contributed by atoms with Crippen LogP contribution in [0, 0.1) is 0 Å². The summed E-state index contributed by atoms with van der Waals surface area (Å²) in [5, 5.41) is 8.35. The van der Waals surface area contributed by atoms with E-state index in [1.165, 1.54) is 6.92 Å². The zero-order valence-corrected chi connectivity index (χ0v) is 6.53. The monoisotopic (exact) mass is 161 g/mol. The minimum absolute atomic E-state index is 0.0363. The van der Waals surface area contributed by atoms with Crippen molar-refractivity contribution in [3.63, 3.8) is 0 Å². The normalized spacial score (nSPS) is 10.4. The minimum Gasteiger partial charge on any atom is -0.344 e. The lowest BCUT2D eigenvalue weighted by molar-refractivity contribution is 0.101. The smallest absolute Gasteiger partial charge is 0.162 e. The van der Waals surface area contributed by atoms with E-state index < -0.39 is 0 Å². The number of carbonyl (C=O) groups is 1. The number of H-pyrrole nitrogens is 1. The Morgan fingerprint density at radius 2 is 2.42 bits per heavy atom. The fourth-order valence-electron chi connectivity index (χ4n) is 1.17. The van der Waals surface area contributed by atoms with Crippen LogP contribution in [0.4, 0.5) is 0 Å². The Bertz CT molecular complexity index is 433. The molecular formula is C8H7N3O. The number of hydrogen-bond donors (Lipinski definition) is 1. The topological polar surface area (TPSA) is 58.6 Å². The lowest BCUT2D eigenvalue weighted by atomic mass is 10.2. The van der Waals surface area contributed by atoms with Crippen LogP contribution < -0.4 is 0 Å². The number of aromatic amines is 1. The van der Waals surface area contributed by atoms with E-state index >= 15 is 0 Å². The Balaban J connectivity index is 2.79. The molecule has 12 heavy (non-hydrogen) atoms. The molecule has 0 aliphatic heterocycles. The Kier molecular flexibility index (Phi) is 1.40. The Morgan fingerprint density at radius 1 is 1.58 bits per heavy atom. The van der Waals surface area contributed by atoms with E-state index in [4.69, 9.17) is 0 Å². The number of Topliss-reactive ketones (excluding diaryl/α,β-unsaturated/α-hetero) is 1. The van der Waals surface area contributed by atoms with Gasteiger partial charge in [-0.05, 0) is 13.0 Å². The number of carbonyl (C=O) groups excluding carboxylic acids is 1. The van der Waals surface area contributed by atoms with Gasteiger partial charge in [0.1, 0.15) is 0 Å². The molecule has 0 amide bonds. The maximum absolute atomic E-state index is 11.1. The van der Waals surface area contributed by atoms with Gasteiger partial charge in [-0.2, -0.15) is 5.10 Å². The second-order valence-corrected chi connectivity index (χ2v) is 2.55. The van der Waals surface area contributed by atoms with Crippen LogP contribution in [-0.4, -0.2) is 21.0 Å². The van der Waals surface area contributed by atoms with Crippen LogP contribution in [-0.2, 0) is 0 Å². The molecule has 2 aromatic heterocycles. The van der Waals surface area contributed by atoms with Crippen LogP contribution in [0.15, 0.2) is 18.5 Å². The molecule has 0 aromatic carbocycles. The first-order chi connectivity index (χ1) is 5.79. The van der Waals surface area contributed by atoms with Gasteiger partial charge in [-0.25, -0.2) is 0 Å². The molecule has 0 unspecified atom stereocenters. The fourth-order valence-corrected chi connectivity index (χ4v) is 1.17. The van der Waals surface area contributed by atoms with Crippen LogP contribution in [0.5, 0.6) is 0 Å². The quantitative estimate of drug-likeness (QED) is 0.638. The number of aromatic nitrogens is 3. The van der Waals surface area contributed by atoms with Crippen molar-refractivity contribution < 1.29 is 4.79 Å². The van der Waals surface area contributed by atoms with E-state index in [-0.39, 0.29) is 5.78 Å². The molecule has 2 rings (SSSR count). The summed E-state index contributed by atoms with van der Waals surface area (Å²) in [5.41, 5.74) is 1.32. The lowest BCUT2D eigenvalue weighted by Crippen LogP contribution is -1.89. The molecule has 0 saturated carbocycles. The third-order valence-electron chi connectivity index (χ3n) is 1.74. The van der Waals surface area contributed by atoms with E-state index in [0.29, 0.717) is 11.2 Å². The SMILES string of the molecule is CC(=O)c1c[nH]c2nnccc12. The van der Waals surface area contributed by atoms with Crippen molar-refractivity contribution in [1.82, 2.24) is 15.2 Å². The number of nitrogens with zero attached hydrogens (tertiary/aromatic N) is 2. The largest absolute Gasteiger partial charge is 0.344 e. The highest BCUT2D eigenvalue weighted by Gasteiger charge is 2.07. The minimum atomic E-state index is 0.0363. The van der Waals surface area contributed by atoms with Crippen molar-refractivity contribution in [2.45, 2.75) is 6.92 Å². The molecule has 0 saturated heterocycles. The summed E-state index contributed by atoms with van der Waals surface area (Å²) >= 11 is 0. The number of nitrogens with one attached hydrogen (secondary N) is 1. The van der Waals surface area contributed by atoms with Gasteiger partial charge in [0.15, 0.2) is 11.4 Å². The third-order valence-corrected chi connectivity index (χ3v) is 1.74. The van der Waals surface area contributed by atoms with Gasteiger partial charge in [-0.15, -0.1) is 5.10 Å². The molecule has 0 bridgehead atoms. The van der Waals surface area contributed by atoms with Gasteiger partial charge >= 0.3 is 0 Å². The number of ketones is 1. The molecule has 0 spiro atoms. The first-order valence-corrected chi connectivity index (χ1v) is 3.59. The summed E-state index contributed by atoms with van der Waals surface area (Å²) in [5.74, 6) is 0.0363. The number of rotatable bonds is 1. The fraction of sp³-hybridized carbons (Fsp3) is 0.125. The van der Waals surface area contributed by atoms with Crippen LogP contribution in [0.2, 0.25) is 0 Å². The van der Waals surface area contributed by atoms with Gasteiger partial charge in [0.25, 0.3) is 0 Å². The second-order valence-electron chi connectivity index (χ2n) is 2.55. The molecule has 0 radical (unpaired) electrons. The molecule has 2 heterocycles. The van der Waals surface area contributed by atoms with Crippen molar-refractivity contribution in [3.8, 4) is 0 Å². The van der Waals surface area contributed by atoms with E-state index in [1.807, 2.05) is 0 Å². The van der Waals surface area contributed by atoms with Crippen LogP contribution >= 0.6 is 0 Å². The highest BCUT2D eigenvalue weighted by Crippen LogP contribution is 2.14. The van der Waals surface area contributed by atoms with Crippen LogP contribution in [0.25, 0.3) is 11.0 Å². The lowest BCUT2D eigenvalue weighted by Gasteiger charge is -1.88. The number of fused-ring (bicyclic) bond motifs is 1. The first-order valence-electron chi connectivity index (χ1n) is 3.59. The van der Waals surface area contributed by atoms with E-state index in [1.54, 1.807) is 18.5 Å². The molecular weight excluding hydrogens is 154 g/mol. The molecule has 0 aliphatic carbocycles. The van der Waals surface area contributed by atoms with Crippen molar-refractivity contribution in [1.29, 1.82) is 0 Å². The van der Waals surface area contributed by atoms with Crippen molar-refractivity contribution in [2.24, 2.45) is 0 Å². The highest BCUT2D eigenvalue weighted by molar-refractivity contribution is 6.05. The molecule has 0 fully saturated rings. The van der Waals surface area contributed by atoms with Crippen molar-refractivity contribution >= 4 is 16.8 Å². The van der Waals surface area contributed by atoms with Crippen LogP contribution in [0.1, 0.15) is 17.3 Å². The summed E-state index contributed by atoms with van der Waals surface area (Å²) < 4.78 is 0. The molecule has 1 N–H and O–H groups in total. The summed E-state index contributed by atoms with van der Waals surface area (Å²) in [6.45, 7) is 1.53. The highest BCUT2D eigenvalue weighted by atomic mass is 16.1. The Morgan fingerprint density at radius 3 is 3.17 bits per heavy atom. The van der Waals surface area contributed by atoms with Gasteiger partial charge < -0.3 is 4.98 Å². The standard InChI is InChI=1S/C8H7N3O/c1-5(12)7-4-9-8-6(7)2-3-10-11-8/h2-4H,1H3,(H,9,11). The molecule has 4 heteroatoms. The van der Waals surface area contributed by atoms with Crippen LogP contribution in [0.3, 0.4) is 0 Å². The third kappa shape index (κ3) is 0.887. The Labute approximate surface area is 68.6 Å². The molecule has 2 aromatic rings. The predicted octanol–water partition coefficient (Wildman–Crippen LogP) is 1.16. The average molecular weight is 161 g/mol. The summed E-state index contributed by atoms with van der Waals surface area (Å²) in [4.78, 5) is 13.9. The summed E-state index contributed by atoms with van der Waals surface area (Å²) in [6.07, 6.45) is 3.23. The molecule has 0 atom stereocenters. The molecule has 4 nitrogen and oxygen atoms in total. The van der Waals surface area contributed by atoms with Gasteiger partial charge in [-0.3, -0.25) is 4.79 Å². The van der Waals surface area contributed by atoms with Crippen molar-refractivity contribution in [2.75, 3.05) is 0 Å².